The summed E-state index contributed by atoms with van der Waals surface area (Å²) in [4.78, 5) is 10.1. The zero-order valence-corrected chi connectivity index (χ0v) is 9.04. The van der Waals surface area contributed by atoms with Gasteiger partial charge in [0.25, 0.3) is 0 Å². The number of benzene rings is 1. The lowest BCUT2D eigenvalue weighted by Gasteiger charge is -2.09. The van der Waals surface area contributed by atoms with Crippen molar-refractivity contribution < 1.29 is 4.79 Å². The Hall–Kier alpha value is -0.830. The van der Waals surface area contributed by atoms with E-state index < -0.39 is 0 Å². The van der Waals surface area contributed by atoms with E-state index >= 15 is 0 Å². The molecular formula is C10H12BrNO. The smallest absolute Gasteiger partial charge is 0.207 e. The fourth-order valence-electron chi connectivity index (χ4n) is 1.15. The van der Waals surface area contributed by atoms with Gasteiger partial charge in [0.1, 0.15) is 0 Å². The molecular weight excluding hydrogens is 230 g/mol. The summed E-state index contributed by atoms with van der Waals surface area (Å²) >= 11 is 3.37. The number of carbonyl (C=O) groups excluding carboxylic acids is 1. The Morgan fingerprint density at radius 1 is 1.46 bits per heavy atom. The number of carbonyl (C=O) groups is 1. The number of amides is 1. The highest BCUT2D eigenvalue weighted by Gasteiger charge is 2.00. The molecule has 3 heteroatoms. The first-order chi connectivity index (χ1) is 6.22. The molecule has 0 aliphatic heterocycles. The molecule has 0 bridgehead atoms. The number of hydrogen-bond acceptors (Lipinski definition) is 1. The Kier molecular flexibility index (Phi) is 3.96. The van der Waals surface area contributed by atoms with Crippen LogP contribution in [0.4, 0.5) is 0 Å². The third-order valence-corrected chi connectivity index (χ3v) is 2.34. The van der Waals surface area contributed by atoms with Crippen LogP contribution in [0.3, 0.4) is 0 Å². The van der Waals surface area contributed by atoms with Gasteiger partial charge < -0.3 is 5.32 Å². The van der Waals surface area contributed by atoms with Crippen LogP contribution in [0.1, 0.15) is 12.5 Å². The zero-order valence-electron chi connectivity index (χ0n) is 7.46. The summed E-state index contributed by atoms with van der Waals surface area (Å²) in [6, 6.07) is 8.30. The van der Waals surface area contributed by atoms with Crippen LogP contribution >= 0.6 is 15.9 Å². The van der Waals surface area contributed by atoms with Crippen molar-refractivity contribution in [3.8, 4) is 0 Å². The van der Waals surface area contributed by atoms with Gasteiger partial charge in [-0.3, -0.25) is 4.79 Å². The molecule has 0 aliphatic rings. The van der Waals surface area contributed by atoms with E-state index in [1.807, 2.05) is 31.2 Å². The monoisotopic (exact) mass is 241 g/mol. The minimum absolute atomic E-state index is 0.193. The number of rotatable bonds is 4. The quantitative estimate of drug-likeness (QED) is 0.805. The van der Waals surface area contributed by atoms with E-state index in [1.165, 1.54) is 5.56 Å². The number of hydrogen-bond donors (Lipinski definition) is 1. The molecule has 0 aliphatic carbocycles. The van der Waals surface area contributed by atoms with Crippen molar-refractivity contribution in [2.24, 2.45) is 0 Å². The van der Waals surface area contributed by atoms with Crippen LogP contribution in [0.5, 0.6) is 0 Å². The van der Waals surface area contributed by atoms with Crippen LogP contribution < -0.4 is 5.32 Å². The third-order valence-electron chi connectivity index (χ3n) is 1.81. The van der Waals surface area contributed by atoms with E-state index in [-0.39, 0.29) is 6.04 Å². The molecule has 70 valence electrons. The lowest BCUT2D eigenvalue weighted by Crippen LogP contribution is -2.26. The maximum atomic E-state index is 10.1. The van der Waals surface area contributed by atoms with Crippen LogP contribution in [0.2, 0.25) is 0 Å². The largest absolute Gasteiger partial charge is 0.356 e. The third kappa shape index (κ3) is 3.59. The van der Waals surface area contributed by atoms with Crippen molar-refractivity contribution in [2.45, 2.75) is 19.4 Å². The molecule has 0 fully saturated rings. The van der Waals surface area contributed by atoms with Gasteiger partial charge in [0.15, 0.2) is 0 Å². The van der Waals surface area contributed by atoms with Gasteiger partial charge in [0.05, 0.1) is 0 Å². The van der Waals surface area contributed by atoms with Crippen molar-refractivity contribution in [3.05, 3.63) is 34.3 Å². The summed E-state index contributed by atoms with van der Waals surface area (Å²) in [5.41, 5.74) is 1.23. The summed E-state index contributed by atoms with van der Waals surface area (Å²) in [5.74, 6) is 0. The highest BCUT2D eigenvalue weighted by Crippen LogP contribution is 2.11. The Balaban J connectivity index is 2.53. The lowest BCUT2D eigenvalue weighted by atomic mass is 10.1. The van der Waals surface area contributed by atoms with Gasteiger partial charge in [-0.2, -0.15) is 0 Å². The Labute approximate surface area is 86.5 Å². The highest BCUT2D eigenvalue weighted by molar-refractivity contribution is 9.10. The van der Waals surface area contributed by atoms with Crippen LogP contribution in [0, 0.1) is 0 Å². The van der Waals surface area contributed by atoms with Gasteiger partial charge in [-0.25, -0.2) is 0 Å². The summed E-state index contributed by atoms with van der Waals surface area (Å²) in [6.07, 6.45) is 1.61. The maximum Gasteiger partial charge on any atom is 0.207 e. The summed E-state index contributed by atoms with van der Waals surface area (Å²) in [6.45, 7) is 1.98. The van der Waals surface area contributed by atoms with E-state index in [0.29, 0.717) is 0 Å². The van der Waals surface area contributed by atoms with Crippen molar-refractivity contribution in [3.63, 3.8) is 0 Å². The SMILES string of the molecule is CC(Cc1ccc(Br)cc1)NC=O. The Morgan fingerprint density at radius 2 is 2.08 bits per heavy atom. The molecule has 1 aromatic carbocycles. The summed E-state index contributed by atoms with van der Waals surface area (Å²) in [5, 5.41) is 2.72. The van der Waals surface area contributed by atoms with E-state index in [9.17, 15) is 4.79 Å². The second-order valence-corrected chi connectivity index (χ2v) is 3.93. The standard InChI is InChI=1S/C10H12BrNO/c1-8(12-7-13)6-9-2-4-10(11)5-3-9/h2-5,7-8H,6H2,1H3,(H,12,13). The van der Waals surface area contributed by atoms with Crippen LogP contribution in [0.15, 0.2) is 28.7 Å². The van der Waals surface area contributed by atoms with Crippen molar-refractivity contribution in [2.75, 3.05) is 0 Å². The van der Waals surface area contributed by atoms with Gasteiger partial charge in [0.2, 0.25) is 6.41 Å². The molecule has 1 unspecified atom stereocenters. The van der Waals surface area contributed by atoms with Crippen molar-refractivity contribution in [1.82, 2.24) is 5.32 Å². The molecule has 0 aromatic heterocycles. The molecule has 0 spiro atoms. The minimum Gasteiger partial charge on any atom is -0.356 e. The van der Waals surface area contributed by atoms with E-state index in [1.54, 1.807) is 0 Å². The average Bonchev–Trinajstić information content (AvgIpc) is 2.09. The second kappa shape index (κ2) is 5.02. The fourth-order valence-corrected chi connectivity index (χ4v) is 1.41. The molecule has 0 radical (unpaired) electrons. The van der Waals surface area contributed by atoms with Crippen LogP contribution in [-0.2, 0) is 11.2 Å². The van der Waals surface area contributed by atoms with Gasteiger partial charge in [0, 0.05) is 10.5 Å². The Morgan fingerprint density at radius 3 is 2.62 bits per heavy atom. The van der Waals surface area contributed by atoms with Crippen LogP contribution in [-0.4, -0.2) is 12.5 Å². The van der Waals surface area contributed by atoms with Gasteiger partial charge in [-0.05, 0) is 31.0 Å². The molecule has 0 saturated carbocycles. The van der Waals surface area contributed by atoms with Gasteiger partial charge in [-0.15, -0.1) is 0 Å². The van der Waals surface area contributed by atoms with E-state index in [2.05, 4.69) is 21.2 Å². The molecule has 1 atom stereocenters. The zero-order chi connectivity index (χ0) is 9.68. The predicted molar refractivity (Wildman–Crippen MR) is 56.5 cm³/mol. The minimum atomic E-state index is 0.193. The maximum absolute atomic E-state index is 10.1. The normalized spacial score (nSPS) is 12.2. The molecule has 13 heavy (non-hydrogen) atoms. The predicted octanol–water partition coefficient (Wildman–Crippen LogP) is 2.13. The number of nitrogens with one attached hydrogen (secondary N) is 1. The first kappa shape index (κ1) is 10.3. The number of halogens is 1. The van der Waals surface area contributed by atoms with Gasteiger partial charge in [-0.1, -0.05) is 28.1 Å². The van der Waals surface area contributed by atoms with Gasteiger partial charge >= 0.3 is 0 Å². The second-order valence-electron chi connectivity index (χ2n) is 3.02. The van der Waals surface area contributed by atoms with E-state index in [0.717, 1.165) is 17.3 Å². The average molecular weight is 242 g/mol. The van der Waals surface area contributed by atoms with Crippen LogP contribution in [0.25, 0.3) is 0 Å². The molecule has 1 aromatic rings. The molecule has 1 N–H and O–H groups in total. The summed E-state index contributed by atoms with van der Waals surface area (Å²) in [7, 11) is 0. The first-order valence-electron chi connectivity index (χ1n) is 4.16. The van der Waals surface area contributed by atoms with E-state index in [4.69, 9.17) is 0 Å². The van der Waals surface area contributed by atoms with Crippen molar-refractivity contribution in [1.29, 1.82) is 0 Å². The fraction of sp³-hybridized carbons (Fsp3) is 0.300. The topological polar surface area (TPSA) is 29.1 Å². The summed E-state index contributed by atoms with van der Waals surface area (Å²) < 4.78 is 1.08. The molecule has 0 heterocycles. The first-order valence-corrected chi connectivity index (χ1v) is 4.96. The molecule has 2 nitrogen and oxygen atoms in total. The molecule has 1 rings (SSSR count). The molecule has 0 saturated heterocycles. The Bertz CT molecular complexity index is 271. The molecule has 1 amide bonds. The van der Waals surface area contributed by atoms with Crippen molar-refractivity contribution >= 4 is 22.3 Å². The lowest BCUT2D eigenvalue weighted by molar-refractivity contribution is -0.110. The highest BCUT2D eigenvalue weighted by atomic mass is 79.9.